The number of rotatable bonds is 5. The fourth-order valence-corrected chi connectivity index (χ4v) is 4.99. The molecule has 2 aliphatic heterocycles. The maximum atomic E-state index is 12.8. The number of fused-ring (bicyclic) bond motifs is 2. The lowest BCUT2D eigenvalue weighted by molar-refractivity contribution is -0.275. The second kappa shape index (κ2) is 9.02. The van der Waals surface area contributed by atoms with Gasteiger partial charge in [0.25, 0.3) is 0 Å². The minimum Gasteiger partial charge on any atom is -0.445 e. The summed E-state index contributed by atoms with van der Waals surface area (Å²) in [6.07, 6.45) is -2.25. The van der Waals surface area contributed by atoms with Gasteiger partial charge >= 0.3 is 12.5 Å². The zero-order valence-electron chi connectivity index (χ0n) is 17.6. The van der Waals surface area contributed by atoms with Gasteiger partial charge in [0.15, 0.2) is 0 Å². The summed E-state index contributed by atoms with van der Waals surface area (Å²) in [4.78, 5) is 14.6. The molecule has 8 heteroatoms. The molecule has 1 N–H and O–H groups in total. The van der Waals surface area contributed by atoms with Gasteiger partial charge in [0.2, 0.25) is 0 Å². The van der Waals surface area contributed by atoms with Crippen LogP contribution in [0.5, 0.6) is 5.75 Å². The SMILES string of the molecule is O=C(OCc1ccccc1)N1C2CCCC1CC(O)(Cc1ccccc1OC(F)(F)F)C2. The number of nitrogens with zero attached hydrogens (tertiary/aromatic N) is 1. The lowest BCUT2D eigenvalue weighted by atomic mass is 9.73. The lowest BCUT2D eigenvalue weighted by Crippen LogP contribution is -2.60. The number of amides is 1. The van der Waals surface area contributed by atoms with Crippen LogP contribution in [0.2, 0.25) is 0 Å². The van der Waals surface area contributed by atoms with Crippen molar-refractivity contribution in [2.45, 2.75) is 69.2 Å². The molecule has 2 saturated heterocycles. The minimum absolute atomic E-state index is 0.0269. The van der Waals surface area contributed by atoms with Crippen LogP contribution < -0.4 is 4.74 Å². The van der Waals surface area contributed by atoms with E-state index in [-0.39, 0.29) is 43.7 Å². The average molecular weight is 449 g/mol. The van der Waals surface area contributed by atoms with Crippen LogP contribution in [-0.4, -0.2) is 40.1 Å². The van der Waals surface area contributed by atoms with Crippen molar-refractivity contribution in [3.63, 3.8) is 0 Å². The highest BCUT2D eigenvalue weighted by Gasteiger charge is 2.48. The Bertz CT molecular complexity index is 920. The normalized spacial score (nSPS) is 25.3. The number of para-hydroxylation sites is 1. The number of alkyl halides is 3. The molecule has 2 fully saturated rings. The standard InChI is InChI=1S/C24H26F3NO4/c25-24(26,27)32-21-12-5-4-9-18(21)13-23(30)14-19-10-6-11-20(15-23)28(19)22(29)31-16-17-7-2-1-3-8-17/h1-5,7-9,12,19-20,30H,6,10-11,13-16H2. The Balaban J connectivity index is 1.45. The number of hydrogen-bond acceptors (Lipinski definition) is 4. The van der Waals surface area contributed by atoms with E-state index in [0.29, 0.717) is 5.56 Å². The van der Waals surface area contributed by atoms with Gasteiger partial charge in [-0.05, 0) is 49.3 Å². The summed E-state index contributed by atoms with van der Waals surface area (Å²) >= 11 is 0. The molecular formula is C24H26F3NO4. The Morgan fingerprint density at radius 2 is 1.66 bits per heavy atom. The van der Waals surface area contributed by atoms with Crippen LogP contribution in [0.4, 0.5) is 18.0 Å². The summed E-state index contributed by atoms with van der Waals surface area (Å²) < 4.78 is 48.0. The monoisotopic (exact) mass is 449 g/mol. The van der Waals surface area contributed by atoms with Gasteiger partial charge in [-0.3, -0.25) is 0 Å². The highest BCUT2D eigenvalue weighted by atomic mass is 19.4. The summed E-state index contributed by atoms with van der Waals surface area (Å²) in [5.41, 5.74) is -0.0388. The number of halogens is 3. The Kier molecular flexibility index (Phi) is 6.33. The first-order valence-electron chi connectivity index (χ1n) is 10.8. The molecule has 4 rings (SSSR count). The predicted octanol–water partition coefficient (Wildman–Crippen LogP) is 5.21. The second-order valence-corrected chi connectivity index (χ2v) is 8.65. The van der Waals surface area contributed by atoms with Gasteiger partial charge < -0.3 is 19.5 Å². The van der Waals surface area contributed by atoms with E-state index in [2.05, 4.69) is 4.74 Å². The van der Waals surface area contributed by atoms with Gasteiger partial charge in [-0.15, -0.1) is 13.2 Å². The second-order valence-electron chi connectivity index (χ2n) is 8.65. The van der Waals surface area contributed by atoms with Crippen LogP contribution in [0.25, 0.3) is 0 Å². The molecule has 1 amide bonds. The molecule has 2 atom stereocenters. The Morgan fingerprint density at radius 3 is 2.31 bits per heavy atom. The Hall–Kier alpha value is -2.74. The zero-order chi connectivity index (χ0) is 22.8. The van der Waals surface area contributed by atoms with E-state index in [1.54, 1.807) is 11.0 Å². The summed E-state index contributed by atoms with van der Waals surface area (Å²) in [5, 5.41) is 11.3. The van der Waals surface area contributed by atoms with E-state index in [4.69, 9.17) is 4.74 Å². The molecule has 0 radical (unpaired) electrons. The van der Waals surface area contributed by atoms with Gasteiger partial charge in [-0.1, -0.05) is 48.5 Å². The molecule has 0 spiro atoms. The summed E-state index contributed by atoms with van der Waals surface area (Å²) in [6, 6.07) is 14.8. The first-order valence-corrected chi connectivity index (χ1v) is 10.8. The van der Waals surface area contributed by atoms with E-state index in [0.717, 1.165) is 24.8 Å². The molecule has 0 saturated carbocycles. The van der Waals surface area contributed by atoms with Crippen LogP contribution in [-0.2, 0) is 17.8 Å². The van der Waals surface area contributed by atoms with Crippen LogP contribution in [0.15, 0.2) is 54.6 Å². The summed E-state index contributed by atoms with van der Waals surface area (Å²) in [6.45, 7) is 0.169. The number of benzene rings is 2. The van der Waals surface area contributed by atoms with Crippen molar-refractivity contribution in [3.8, 4) is 5.75 Å². The maximum Gasteiger partial charge on any atom is 0.573 e. The van der Waals surface area contributed by atoms with E-state index in [1.807, 2.05) is 30.3 Å². The van der Waals surface area contributed by atoms with Gasteiger partial charge in [0.1, 0.15) is 12.4 Å². The molecule has 2 unspecified atom stereocenters. The van der Waals surface area contributed by atoms with E-state index < -0.39 is 18.1 Å². The molecule has 32 heavy (non-hydrogen) atoms. The molecule has 2 aromatic rings. The van der Waals surface area contributed by atoms with E-state index in [1.165, 1.54) is 18.2 Å². The third-order valence-electron chi connectivity index (χ3n) is 6.23. The first kappa shape index (κ1) is 22.5. The summed E-state index contributed by atoms with van der Waals surface area (Å²) in [5.74, 6) is -0.303. The van der Waals surface area contributed by atoms with E-state index >= 15 is 0 Å². The Labute approximate surface area is 184 Å². The van der Waals surface area contributed by atoms with Crippen molar-refractivity contribution in [1.29, 1.82) is 0 Å². The van der Waals surface area contributed by atoms with Crippen molar-refractivity contribution >= 4 is 6.09 Å². The fourth-order valence-electron chi connectivity index (χ4n) is 4.99. The van der Waals surface area contributed by atoms with Crippen LogP contribution in [0, 0.1) is 0 Å². The van der Waals surface area contributed by atoms with Crippen molar-refractivity contribution < 1.29 is 32.5 Å². The lowest BCUT2D eigenvalue weighted by Gasteiger charge is -2.51. The average Bonchev–Trinajstić information content (AvgIpc) is 2.72. The summed E-state index contributed by atoms with van der Waals surface area (Å²) in [7, 11) is 0. The molecule has 0 aromatic heterocycles. The van der Waals surface area contributed by atoms with Gasteiger partial charge in [-0.25, -0.2) is 4.79 Å². The molecular weight excluding hydrogens is 423 g/mol. The fraction of sp³-hybridized carbons (Fsp3) is 0.458. The topological polar surface area (TPSA) is 59.0 Å². The predicted molar refractivity (Wildman–Crippen MR) is 111 cm³/mol. The molecule has 2 aromatic carbocycles. The Morgan fingerprint density at radius 1 is 1.03 bits per heavy atom. The van der Waals surface area contributed by atoms with E-state index in [9.17, 15) is 23.1 Å². The number of piperidine rings is 2. The molecule has 2 bridgehead atoms. The van der Waals surface area contributed by atoms with Crippen LogP contribution in [0.1, 0.15) is 43.2 Å². The van der Waals surface area contributed by atoms with Crippen molar-refractivity contribution in [3.05, 3.63) is 65.7 Å². The molecule has 2 heterocycles. The van der Waals surface area contributed by atoms with Gasteiger partial charge in [0.05, 0.1) is 5.60 Å². The maximum absolute atomic E-state index is 12.8. The third-order valence-corrected chi connectivity index (χ3v) is 6.23. The highest BCUT2D eigenvalue weighted by molar-refractivity contribution is 5.69. The number of ether oxygens (including phenoxy) is 2. The van der Waals surface area contributed by atoms with Crippen LogP contribution >= 0.6 is 0 Å². The smallest absolute Gasteiger partial charge is 0.445 e. The zero-order valence-corrected chi connectivity index (χ0v) is 17.6. The molecule has 0 aliphatic carbocycles. The quantitative estimate of drug-likeness (QED) is 0.681. The molecule has 5 nitrogen and oxygen atoms in total. The number of aliphatic hydroxyl groups is 1. The number of carbonyl (C=O) groups excluding carboxylic acids is 1. The van der Waals surface area contributed by atoms with Gasteiger partial charge in [-0.2, -0.15) is 0 Å². The first-order chi connectivity index (χ1) is 15.2. The van der Waals surface area contributed by atoms with Gasteiger partial charge in [0, 0.05) is 18.5 Å². The number of hydrogen-bond donors (Lipinski definition) is 1. The largest absolute Gasteiger partial charge is 0.573 e. The highest BCUT2D eigenvalue weighted by Crippen LogP contribution is 2.42. The van der Waals surface area contributed by atoms with Crippen molar-refractivity contribution in [1.82, 2.24) is 4.90 Å². The van der Waals surface area contributed by atoms with Crippen molar-refractivity contribution in [2.75, 3.05) is 0 Å². The molecule has 172 valence electrons. The molecule has 2 aliphatic rings. The number of carbonyl (C=O) groups is 1. The van der Waals surface area contributed by atoms with Crippen molar-refractivity contribution in [2.24, 2.45) is 0 Å². The minimum atomic E-state index is -4.80. The van der Waals surface area contributed by atoms with Crippen LogP contribution in [0.3, 0.4) is 0 Å². The third kappa shape index (κ3) is 5.35.